The van der Waals surface area contributed by atoms with Crippen LogP contribution in [0.1, 0.15) is 36.8 Å². The van der Waals surface area contributed by atoms with Gasteiger partial charge in [-0.2, -0.15) is 4.31 Å². The number of hydrogen-bond donors (Lipinski definition) is 0. The van der Waals surface area contributed by atoms with Gasteiger partial charge in [-0.1, -0.05) is 30.2 Å². The standard InChI is InChI=1S/C23H29ClN2O4S/c1-25(17-19-16-20(24)9-12-22(19)30-2)23(27)13-8-18-6-10-21(11-7-18)31(28,29)26-14-4-3-5-15-26/h6-7,9-12,16H,3-5,8,13-15,17H2,1-2H3. The normalized spacial score (nSPS) is 14.9. The smallest absolute Gasteiger partial charge is 0.243 e. The fourth-order valence-electron chi connectivity index (χ4n) is 3.74. The van der Waals surface area contributed by atoms with Crippen molar-refractivity contribution >= 4 is 27.5 Å². The average Bonchev–Trinajstić information content (AvgIpc) is 2.78. The topological polar surface area (TPSA) is 66.9 Å². The van der Waals surface area contributed by atoms with E-state index in [1.54, 1.807) is 65.8 Å². The van der Waals surface area contributed by atoms with E-state index in [2.05, 4.69) is 0 Å². The minimum absolute atomic E-state index is 0.00737. The summed E-state index contributed by atoms with van der Waals surface area (Å²) in [5.41, 5.74) is 1.78. The lowest BCUT2D eigenvalue weighted by atomic mass is 10.1. The number of ether oxygens (including phenoxy) is 1. The second kappa shape index (κ2) is 10.5. The molecule has 0 aliphatic carbocycles. The van der Waals surface area contributed by atoms with E-state index in [1.165, 1.54) is 0 Å². The van der Waals surface area contributed by atoms with Gasteiger partial charge in [0.1, 0.15) is 5.75 Å². The van der Waals surface area contributed by atoms with Gasteiger partial charge < -0.3 is 9.64 Å². The quantitative estimate of drug-likeness (QED) is 0.589. The third-order valence-electron chi connectivity index (χ3n) is 5.58. The Bertz CT molecular complexity index is 1000. The first-order chi connectivity index (χ1) is 14.8. The van der Waals surface area contributed by atoms with Gasteiger partial charge in [-0.25, -0.2) is 8.42 Å². The Morgan fingerprint density at radius 3 is 2.42 bits per heavy atom. The van der Waals surface area contributed by atoms with E-state index in [4.69, 9.17) is 16.3 Å². The molecule has 1 saturated heterocycles. The molecule has 1 aliphatic heterocycles. The van der Waals surface area contributed by atoms with Crippen molar-refractivity contribution < 1.29 is 17.9 Å². The van der Waals surface area contributed by atoms with Gasteiger partial charge in [0.05, 0.1) is 12.0 Å². The summed E-state index contributed by atoms with van der Waals surface area (Å²) in [5, 5.41) is 0.594. The van der Waals surface area contributed by atoms with Crippen molar-refractivity contribution in [3.8, 4) is 5.75 Å². The van der Waals surface area contributed by atoms with Gasteiger partial charge in [0.2, 0.25) is 15.9 Å². The maximum absolute atomic E-state index is 12.7. The van der Waals surface area contributed by atoms with E-state index >= 15 is 0 Å². The Hall–Kier alpha value is -2.09. The molecule has 6 nitrogen and oxygen atoms in total. The van der Waals surface area contributed by atoms with E-state index < -0.39 is 10.0 Å². The summed E-state index contributed by atoms with van der Waals surface area (Å²) in [4.78, 5) is 14.5. The largest absolute Gasteiger partial charge is 0.496 e. The second-order valence-electron chi connectivity index (χ2n) is 7.81. The van der Waals surface area contributed by atoms with Crippen molar-refractivity contribution in [3.05, 3.63) is 58.6 Å². The lowest BCUT2D eigenvalue weighted by Gasteiger charge is -2.25. The van der Waals surface area contributed by atoms with Crippen LogP contribution in [0.2, 0.25) is 5.02 Å². The van der Waals surface area contributed by atoms with Gasteiger partial charge in [0, 0.05) is 43.7 Å². The first-order valence-electron chi connectivity index (χ1n) is 10.5. The number of halogens is 1. The summed E-state index contributed by atoms with van der Waals surface area (Å²) in [5.74, 6) is 0.682. The minimum Gasteiger partial charge on any atom is -0.496 e. The highest BCUT2D eigenvalue weighted by molar-refractivity contribution is 7.89. The highest BCUT2D eigenvalue weighted by Crippen LogP contribution is 2.24. The van der Waals surface area contributed by atoms with Crippen LogP contribution in [-0.2, 0) is 27.8 Å². The van der Waals surface area contributed by atoms with E-state index in [9.17, 15) is 13.2 Å². The molecule has 0 N–H and O–H groups in total. The molecule has 0 aromatic heterocycles. The van der Waals surface area contributed by atoms with Crippen LogP contribution in [-0.4, -0.2) is 50.8 Å². The van der Waals surface area contributed by atoms with Crippen molar-refractivity contribution in [2.24, 2.45) is 0 Å². The molecule has 3 rings (SSSR count). The van der Waals surface area contributed by atoms with Crippen LogP contribution in [0.5, 0.6) is 5.75 Å². The summed E-state index contributed by atoms with van der Waals surface area (Å²) in [6, 6.07) is 12.2. The molecular weight excluding hydrogens is 436 g/mol. The van der Waals surface area contributed by atoms with Crippen molar-refractivity contribution in [2.75, 3.05) is 27.2 Å². The molecule has 0 bridgehead atoms. The van der Waals surface area contributed by atoms with Gasteiger partial charge in [-0.15, -0.1) is 0 Å². The zero-order chi connectivity index (χ0) is 22.4. The molecule has 2 aromatic carbocycles. The van der Waals surface area contributed by atoms with Gasteiger partial charge in [0.25, 0.3) is 0 Å². The molecule has 168 valence electrons. The third-order valence-corrected chi connectivity index (χ3v) is 7.73. The van der Waals surface area contributed by atoms with E-state index in [1.807, 2.05) is 0 Å². The lowest BCUT2D eigenvalue weighted by molar-refractivity contribution is -0.130. The summed E-state index contributed by atoms with van der Waals surface area (Å²) in [7, 11) is -0.0988. The molecule has 1 aliphatic rings. The van der Waals surface area contributed by atoms with Crippen molar-refractivity contribution in [2.45, 2.75) is 43.5 Å². The van der Waals surface area contributed by atoms with Gasteiger partial charge in [-0.05, 0) is 55.2 Å². The second-order valence-corrected chi connectivity index (χ2v) is 10.2. The zero-order valence-corrected chi connectivity index (χ0v) is 19.6. The summed E-state index contributed by atoms with van der Waals surface area (Å²) in [6.07, 6.45) is 3.77. The van der Waals surface area contributed by atoms with Crippen LogP contribution in [0.3, 0.4) is 0 Å². The molecule has 0 unspecified atom stereocenters. The van der Waals surface area contributed by atoms with E-state index in [0.717, 1.165) is 30.4 Å². The first kappa shape index (κ1) is 23.6. The highest BCUT2D eigenvalue weighted by Gasteiger charge is 2.25. The van der Waals surface area contributed by atoms with Crippen molar-refractivity contribution in [1.29, 1.82) is 0 Å². The van der Waals surface area contributed by atoms with Crippen LogP contribution in [0.15, 0.2) is 47.4 Å². The number of hydrogen-bond acceptors (Lipinski definition) is 4. The predicted molar refractivity (Wildman–Crippen MR) is 122 cm³/mol. The molecule has 1 fully saturated rings. The molecule has 0 atom stereocenters. The van der Waals surface area contributed by atoms with Gasteiger partial charge >= 0.3 is 0 Å². The molecule has 8 heteroatoms. The number of benzene rings is 2. The molecule has 0 radical (unpaired) electrons. The van der Waals surface area contributed by atoms with Crippen LogP contribution < -0.4 is 4.74 Å². The molecule has 1 heterocycles. The molecule has 31 heavy (non-hydrogen) atoms. The number of rotatable bonds is 8. The van der Waals surface area contributed by atoms with Crippen molar-refractivity contribution in [1.82, 2.24) is 9.21 Å². The monoisotopic (exact) mass is 464 g/mol. The fraction of sp³-hybridized carbons (Fsp3) is 0.435. The predicted octanol–water partition coefficient (Wildman–Crippen LogP) is 4.11. The highest BCUT2D eigenvalue weighted by atomic mass is 35.5. The Morgan fingerprint density at radius 1 is 1.10 bits per heavy atom. The molecule has 1 amide bonds. The average molecular weight is 465 g/mol. The Kier molecular flexibility index (Phi) is 7.97. The molecular formula is C23H29ClN2O4S. The maximum atomic E-state index is 12.7. The lowest BCUT2D eigenvalue weighted by Crippen LogP contribution is -2.35. The fourth-order valence-corrected chi connectivity index (χ4v) is 5.45. The number of piperidine rings is 1. The van der Waals surface area contributed by atoms with Crippen LogP contribution in [0.4, 0.5) is 0 Å². The molecule has 0 saturated carbocycles. The molecule has 0 spiro atoms. The zero-order valence-electron chi connectivity index (χ0n) is 18.0. The Morgan fingerprint density at radius 2 is 1.77 bits per heavy atom. The number of aryl methyl sites for hydroxylation is 1. The Labute approximate surface area is 189 Å². The third kappa shape index (κ3) is 5.99. The number of carbonyl (C=O) groups excluding carboxylic acids is 1. The van der Waals surface area contributed by atoms with Gasteiger partial charge in [0.15, 0.2) is 0 Å². The summed E-state index contributed by atoms with van der Waals surface area (Å²) in [6.45, 7) is 1.57. The number of carbonyl (C=O) groups is 1. The number of methoxy groups -OCH3 is 1. The van der Waals surface area contributed by atoms with Crippen molar-refractivity contribution in [3.63, 3.8) is 0 Å². The number of nitrogens with zero attached hydrogens (tertiary/aromatic N) is 2. The minimum atomic E-state index is -3.43. The van der Waals surface area contributed by atoms with E-state index in [-0.39, 0.29) is 5.91 Å². The van der Waals surface area contributed by atoms with Crippen LogP contribution in [0.25, 0.3) is 0 Å². The van der Waals surface area contributed by atoms with Gasteiger partial charge in [-0.3, -0.25) is 4.79 Å². The first-order valence-corrected chi connectivity index (χ1v) is 12.3. The van der Waals surface area contributed by atoms with Crippen LogP contribution >= 0.6 is 11.6 Å². The maximum Gasteiger partial charge on any atom is 0.243 e. The molecule has 2 aromatic rings. The van der Waals surface area contributed by atoms with Crippen LogP contribution in [0, 0.1) is 0 Å². The number of sulfonamides is 1. The number of amides is 1. The Balaban J connectivity index is 1.57. The summed E-state index contributed by atoms with van der Waals surface area (Å²) >= 11 is 6.07. The SMILES string of the molecule is COc1ccc(Cl)cc1CN(C)C(=O)CCc1ccc(S(=O)(=O)N2CCCCC2)cc1. The van der Waals surface area contributed by atoms with E-state index in [0.29, 0.717) is 48.1 Å². The summed E-state index contributed by atoms with van der Waals surface area (Å²) < 4.78 is 32.4.